The van der Waals surface area contributed by atoms with Crippen molar-refractivity contribution >= 4 is 23.6 Å². The van der Waals surface area contributed by atoms with Gasteiger partial charge in [0.1, 0.15) is 16.3 Å². The number of cyclic esters (lactones) is 1. The number of ether oxygens (including phenoxy) is 1. The van der Waals surface area contributed by atoms with E-state index in [4.69, 9.17) is 4.74 Å². The minimum absolute atomic E-state index is 0.0171. The van der Waals surface area contributed by atoms with E-state index in [1.165, 1.54) is 11.8 Å². The summed E-state index contributed by atoms with van der Waals surface area (Å²) in [6, 6.07) is 27.4. The van der Waals surface area contributed by atoms with Crippen LogP contribution in [0, 0.1) is 5.41 Å². The molecule has 0 spiro atoms. The molecule has 0 fully saturated rings. The quantitative estimate of drug-likeness (QED) is 0.234. The Labute approximate surface area is 242 Å². The van der Waals surface area contributed by atoms with Crippen LogP contribution in [0.25, 0.3) is 0 Å². The van der Waals surface area contributed by atoms with Gasteiger partial charge in [0.05, 0.1) is 6.42 Å². The van der Waals surface area contributed by atoms with Crippen LogP contribution in [0.3, 0.4) is 0 Å². The van der Waals surface area contributed by atoms with Crippen LogP contribution in [0.15, 0.2) is 100 Å². The summed E-state index contributed by atoms with van der Waals surface area (Å²) in [6.45, 7) is 8.87. The number of aliphatic hydroxyl groups excluding tert-OH is 1. The largest absolute Gasteiger partial charge is 0.511 e. The van der Waals surface area contributed by atoms with Gasteiger partial charge in [0, 0.05) is 17.9 Å². The highest BCUT2D eigenvalue weighted by Gasteiger charge is 2.47. The molecule has 1 atom stereocenters. The number of hydrogen-bond donors (Lipinski definition) is 2. The number of carbonyl (C=O) groups excluding carboxylic acids is 2. The Morgan fingerprint density at radius 2 is 1.62 bits per heavy atom. The number of thioether (sulfide) groups is 1. The predicted octanol–water partition coefficient (Wildman–Crippen LogP) is 8.03. The summed E-state index contributed by atoms with van der Waals surface area (Å²) in [4.78, 5) is 27.3. The first kappa shape index (κ1) is 29.5. The summed E-state index contributed by atoms with van der Waals surface area (Å²) in [6.07, 6.45) is 1.60. The Balaban J connectivity index is 1.52. The molecule has 1 amide bonds. The van der Waals surface area contributed by atoms with Gasteiger partial charge in [-0.3, -0.25) is 4.79 Å². The SMILES string of the molecule is CC(C)c1ccccc1SC1=C(O)CC(CC(C)(C)CCC(=O)NCc2ccccc2)(c2ccccc2)OC1=O. The number of carbonyl (C=O) groups is 2. The average Bonchev–Trinajstić information content (AvgIpc) is 2.94. The van der Waals surface area contributed by atoms with Crippen LogP contribution >= 0.6 is 11.8 Å². The first-order valence-corrected chi connectivity index (χ1v) is 14.7. The highest BCUT2D eigenvalue weighted by Crippen LogP contribution is 2.49. The monoisotopic (exact) mass is 557 g/mol. The van der Waals surface area contributed by atoms with Gasteiger partial charge in [-0.2, -0.15) is 0 Å². The first-order valence-electron chi connectivity index (χ1n) is 13.9. The van der Waals surface area contributed by atoms with Crippen molar-refractivity contribution < 1.29 is 19.4 Å². The van der Waals surface area contributed by atoms with Gasteiger partial charge in [-0.15, -0.1) is 0 Å². The summed E-state index contributed by atoms with van der Waals surface area (Å²) < 4.78 is 6.29. The molecule has 0 aliphatic carbocycles. The van der Waals surface area contributed by atoms with Crippen molar-refractivity contribution in [3.8, 4) is 0 Å². The summed E-state index contributed by atoms with van der Waals surface area (Å²) in [5.74, 6) is -0.218. The normalized spacial score (nSPS) is 17.6. The number of esters is 1. The fourth-order valence-electron chi connectivity index (χ4n) is 5.29. The predicted molar refractivity (Wildman–Crippen MR) is 161 cm³/mol. The fraction of sp³-hybridized carbons (Fsp3) is 0.353. The Kier molecular flexibility index (Phi) is 9.41. The van der Waals surface area contributed by atoms with Crippen LogP contribution in [0.2, 0.25) is 0 Å². The lowest BCUT2D eigenvalue weighted by Gasteiger charge is -2.42. The molecule has 1 aliphatic heterocycles. The zero-order valence-corrected chi connectivity index (χ0v) is 24.6. The van der Waals surface area contributed by atoms with E-state index in [0.29, 0.717) is 25.8 Å². The molecule has 4 rings (SSSR count). The van der Waals surface area contributed by atoms with Crippen molar-refractivity contribution in [2.24, 2.45) is 5.41 Å². The van der Waals surface area contributed by atoms with E-state index in [-0.39, 0.29) is 34.3 Å². The molecular weight excluding hydrogens is 518 g/mol. The second kappa shape index (κ2) is 12.8. The van der Waals surface area contributed by atoms with Crippen molar-refractivity contribution in [2.75, 3.05) is 0 Å². The summed E-state index contributed by atoms with van der Waals surface area (Å²) in [5.41, 5.74) is 1.62. The van der Waals surface area contributed by atoms with Gasteiger partial charge in [-0.1, -0.05) is 118 Å². The number of rotatable bonds is 11. The van der Waals surface area contributed by atoms with Crippen molar-refractivity contribution in [3.05, 3.63) is 112 Å². The van der Waals surface area contributed by atoms with Gasteiger partial charge < -0.3 is 15.2 Å². The topological polar surface area (TPSA) is 75.6 Å². The Bertz CT molecular complexity index is 1350. The molecule has 3 aromatic carbocycles. The number of amides is 1. The van der Waals surface area contributed by atoms with E-state index >= 15 is 0 Å². The lowest BCUT2D eigenvalue weighted by molar-refractivity contribution is -0.163. The maximum absolute atomic E-state index is 13.5. The van der Waals surface area contributed by atoms with Crippen molar-refractivity contribution in [3.63, 3.8) is 0 Å². The van der Waals surface area contributed by atoms with Crippen LogP contribution in [-0.2, 0) is 26.5 Å². The minimum Gasteiger partial charge on any atom is -0.511 e. The van der Waals surface area contributed by atoms with Crippen molar-refractivity contribution in [2.45, 2.75) is 76.3 Å². The third kappa shape index (κ3) is 7.36. The van der Waals surface area contributed by atoms with E-state index in [1.807, 2.05) is 84.9 Å². The Morgan fingerprint density at radius 1 is 1.00 bits per heavy atom. The molecular formula is C34H39NO4S. The zero-order valence-electron chi connectivity index (χ0n) is 23.8. The Morgan fingerprint density at radius 3 is 2.27 bits per heavy atom. The molecule has 0 aromatic heterocycles. The molecule has 1 aliphatic rings. The third-order valence-corrected chi connectivity index (χ3v) is 8.57. The lowest BCUT2D eigenvalue weighted by Crippen LogP contribution is -2.41. The number of benzene rings is 3. The molecule has 0 radical (unpaired) electrons. The molecule has 1 unspecified atom stereocenters. The first-order chi connectivity index (χ1) is 19.1. The molecule has 0 saturated heterocycles. The van der Waals surface area contributed by atoms with Gasteiger partial charge in [-0.05, 0) is 46.9 Å². The van der Waals surface area contributed by atoms with E-state index in [0.717, 1.165) is 21.6 Å². The van der Waals surface area contributed by atoms with E-state index in [9.17, 15) is 14.7 Å². The average molecular weight is 558 g/mol. The maximum atomic E-state index is 13.5. The number of aliphatic hydroxyl groups is 1. The lowest BCUT2D eigenvalue weighted by atomic mass is 9.72. The van der Waals surface area contributed by atoms with Crippen LogP contribution in [-0.4, -0.2) is 17.0 Å². The highest BCUT2D eigenvalue weighted by molar-refractivity contribution is 8.04. The van der Waals surface area contributed by atoms with Crippen molar-refractivity contribution in [1.29, 1.82) is 0 Å². The standard InChI is InChI=1S/C34H39NO4S/c1-24(2)27-17-11-12-18-29(27)40-31-28(36)21-34(39-32(31)38,26-15-9-6-10-16-26)23-33(3,4)20-19-30(37)35-22-25-13-7-5-8-14-25/h5-18,24,36H,19-23H2,1-4H3,(H,35,37). The second-order valence-corrected chi connectivity index (χ2v) is 12.7. The third-order valence-electron chi connectivity index (χ3n) is 7.37. The smallest absolute Gasteiger partial charge is 0.349 e. The van der Waals surface area contributed by atoms with Gasteiger partial charge >= 0.3 is 5.97 Å². The van der Waals surface area contributed by atoms with Crippen LogP contribution in [0.1, 0.15) is 76.0 Å². The zero-order chi connectivity index (χ0) is 28.8. The van der Waals surface area contributed by atoms with Crippen molar-refractivity contribution in [1.82, 2.24) is 5.32 Å². The van der Waals surface area contributed by atoms with Crippen LogP contribution in [0.5, 0.6) is 0 Å². The van der Waals surface area contributed by atoms with E-state index in [1.54, 1.807) is 0 Å². The molecule has 0 saturated carbocycles. The maximum Gasteiger partial charge on any atom is 0.349 e. The molecule has 3 aromatic rings. The van der Waals surface area contributed by atoms with E-state index < -0.39 is 11.6 Å². The van der Waals surface area contributed by atoms with Gasteiger partial charge in [0.15, 0.2) is 0 Å². The molecule has 1 heterocycles. The summed E-state index contributed by atoms with van der Waals surface area (Å²) in [7, 11) is 0. The highest BCUT2D eigenvalue weighted by atomic mass is 32.2. The molecule has 210 valence electrons. The van der Waals surface area contributed by atoms with E-state index in [2.05, 4.69) is 33.0 Å². The number of nitrogens with one attached hydrogen (secondary N) is 1. The van der Waals surface area contributed by atoms with Gasteiger partial charge in [0.2, 0.25) is 5.91 Å². The minimum atomic E-state index is -1.03. The van der Waals surface area contributed by atoms with Crippen LogP contribution < -0.4 is 5.32 Å². The summed E-state index contributed by atoms with van der Waals surface area (Å²) in [5, 5.41) is 14.3. The van der Waals surface area contributed by atoms with Crippen LogP contribution in [0.4, 0.5) is 0 Å². The molecule has 0 bridgehead atoms. The molecule has 40 heavy (non-hydrogen) atoms. The summed E-state index contributed by atoms with van der Waals surface area (Å²) >= 11 is 1.27. The second-order valence-electron chi connectivity index (χ2n) is 11.6. The number of hydrogen-bond acceptors (Lipinski definition) is 5. The molecule has 6 heteroatoms. The van der Waals surface area contributed by atoms with Gasteiger partial charge in [0.25, 0.3) is 0 Å². The molecule has 5 nitrogen and oxygen atoms in total. The molecule has 2 N–H and O–H groups in total. The fourth-order valence-corrected chi connectivity index (χ4v) is 6.39. The Hall–Kier alpha value is -3.51. The van der Waals surface area contributed by atoms with Gasteiger partial charge in [-0.25, -0.2) is 4.79 Å².